The summed E-state index contributed by atoms with van der Waals surface area (Å²) in [6.07, 6.45) is 4.02. The van der Waals surface area contributed by atoms with E-state index in [0.717, 1.165) is 44.8 Å². The van der Waals surface area contributed by atoms with Crippen molar-refractivity contribution in [1.82, 2.24) is 19.6 Å². The molecule has 0 aliphatic carbocycles. The Bertz CT molecular complexity index is 640. The topological polar surface area (TPSA) is 41.4 Å². The number of benzene rings is 1. The lowest BCUT2D eigenvalue weighted by atomic mass is 10.1. The molecule has 0 saturated carbocycles. The van der Waals surface area contributed by atoms with Crippen LogP contribution in [-0.2, 0) is 13.6 Å². The van der Waals surface area contributed by atoms with Crippen LogP contribution in [0.15, 0.2) is 42.7 Å². The second-order valence-electron chi connectivity index (χ2n) is 6.18. The lowest BCUT2D eigenvalue weighted by molar-refractivity contribution is 0.0922. The number of ketones is 1. The van der Waals surface area contributed by atoms with Crippen LogP contribution >= 0.6 is 24.8 Å². The fraction of sp³-hybridized carbons (Fsp3) is 0.444. The minimum absolute atomic E-state index is 0. The molecule has 1 fully saturated rings. The second kappa shape index (κ2) is 10.6. The summed E-state index contributed by atoms with van der Waals surface area (Å²) in [5, 5.41) is 4.06. The second-order valence-corrected chi connectivity index (χ2v) is 6.18. The van der Waals surface area contributed by atoms with Crippen molar-refractivity contribution in [2.45, 2.75) is 13.0 Å². The molecule has 1 aliphatic rings. The van der Waals surface area contributed by atoms with Crippen molar-refractivity contribution in [3.8, 4) is 0 Å². The highest BCUT2D eigenvalue weighted by molar-refractivity contribution is 5.95. The van der Waals surface area contributed by atoms with Gasteiger partial charge >= 0.3 is 0 Å². The number of halogens is 2. The maximum atomic E-state index is 12.1. The van der Waals surface area contributed by atoms with E-state index in [9.17, 15) is 4.79 Å². The molecule has 25 heavy (non-hydrogen) atoms. The minimum Gasteiger partial charge on any atom is -0.300 e. The number of nitrogens with zero attached hydrogens (tertiary/aromatic N) is 4. The van der Waals surface area contributed by atoms with Crippen LogP contribution in [0.3, 0.4) is 0 Å². The van der Waals surface area contributed by atoms with Crippen molar-refractivity contribution in [2.24, 2.45) is 7.05 Å². The number of hydrogen-bond donors (Lipinski definition) is 0. The molecule has 5 nitrogen and oxygen atoms in total. The number of carbonyl (C=O) groups is 1. The molecule has 1 aliphatic heterocycles. The summed E-state index contributed by atoms with van der Waals surface area (Å²) in [6.45, 7) is 6.06. The summed E-state index contributed by atoms with van der Waals surface area (Å²) in [5.41, 5.74) is 2.09. The molecule has 0 amide bonds. The zero-order valence-electron chi connectivity index (χ0n) is 14.5. The van der Waals surface area contributed by atoms with E-state index in [2.05, 4.69) is 45.2 Å². The standard InChI is InChI=1S/C18H24N4O.2ClH/c1-20-15-17(13-19-20)18(23)7-8-21-9-11-22(12-10-21)14-16-5-3-2-4-6-16;;/h2-6,13,15H,7-12,14H2,1H3;2*1H. The van der Waals surface area contributed by atoms with E-state index in [1.54, 1.807) is 17.1 Å². The van der Waals surface area contributed by atoms with Crippen molar-refractivity contribution in [1.29, 1.82) is 0 Å². The molecule has 138 valence electrons. The van der Waals surface area contributed by atoms with E-state index < -0.39 is 0 Å². The van der Waals surface area contributed by atoms with Crippen molar-refractivity contribution < 1.29 is 4.79 Å². The molecular formula is C18H26Cl2N4O. The monoisotopic (exact) mass is 384 g/mol. The fourth-order valence-electron chi connectivity index (χ4n) is 2.98. The molecule has 2 aromatic rings. The predicted octanol–water partition coefficient (Wildman–Crippen LogP) is 2.65. The number of hydrogen-bond acceptors (Lipinski definition) is 4. The van der Waals surface area contributed by atoms with Gasteiger partial charge in [-0.05, 0) is 5.56 Å². The summed E-state index contributed by atoms with van der Waals surface area (Å²) >= 11 is 0. The van der Waals surface area contributed by atoms with Gasteiger partial charge in [-0.15, -0.1) is 24.8 Å². The first-order valence-corrected chi connectivity index (χ1v) is 8.21. The third-order valence-corrected chi connectivity index (χ3v) is 4.40. The van der Waals surface area contributed by atoms with Gasteiger partial charge in [0.05, 0.1) is 11.8 Å². The summed E-state index contributed by atoms with van der Waals surface area (Å²) in [4.78, 5) is 17.0. The van der Waals surface area contributed by atoms with Gasteiger partial charge in [0.25, 0.3) is 0 Å². The zero-order valence-corrected chi connectivity index (χ0v) is 16.1. The molecule has 7 heteroatoms. The quantitative estimate of drug-likeness (QED) is 0.717. The van der Waals surface area contributed by atoms with Gasteiger partial charge in [-0.25, -0.2) is 0 Å². The Kier molecular flexibility index (Phi) is 9.14. The Morgan fingerprint density at radius 2 is 1.68 bits per heavy atom. The van der Waals surface area contributed by atoms with Crippen molar-refractivity contribution in [3.63, 3.8) is 0 Å². The molecule has 1 saturated heterocycles. The molecule has 0 N–H and O–H groups in total. The molecule has 1 aromatic heterocycles. The maximum absolute atomic E-state index is 12.1. The van der Waals surface area contributed by atoms with E-state index in [1.165, 1.54) is 5.56 Å². The lowest BCUT2D eigenvalue weighted by Crippen LogP contribution is -2.46. The average Bonchev–Trinajstić information content (AvgIpc) is 3.01. The summed E-state index contributed by atoms with van der Waals surface area (Å²) < 4.78 is 1.68. The summed E-state index contributed by atoms with van der Waals surface area (Å²) in [6, 6.07) is 10.6. The van der Waals surface area contributed by atoms with Gasteiger partial charge in [0.2, 0.25) is 0 Å². The zero-order chi connectivity index (χ0) is 16.1. The summed E-state index contributed by atoms with van der Waals surface area (Å²) in [5.74, 6) is 0.185. The Morgan fingerprint density at radius 1 is 1.04 bits per heavy atom. The van der Waals surface area contributed by atoms with Crippen LogP contribution in [0.4, 0.5) is 0 Å². The van der Waals surface area contributed by atoms with E-state index in [0.29, 0.717) is 6.42 Å². The SMILES string of the molecule is Cl.Cl.Cn1cc(C(=O)CCN2CCN(Cc3ccccc3)CC2)cn1. The third-order valence-electron chi connectivity index (χ3n) is 4.40. The van der Waals surface area contributed by atoms with Crippen LogP contribution in [0.5, 0.6) is 0 Å². The summed E-state index contributed by atoms with van der Waals surface area (Å²) in [7, 11) is 1.84. The number of rotatable bonds is 6. The lowest BCUT2D eigenvalue weighted by Gasteiger charge is -2.34. The molecule has 0 bridgehead atoms. The van der Waals surface area contributed by atoms with E-state index in [-0.39, 0.29) is 30.6 Å². The third kappa shape index (κ3) is 6.44. The molecule has 2 heterocycles. The molecular weight excluding hydrogens is 359 g/mol. The Labute approximate surface area is 161 Å². The number of aryl methyl sites for hydroxylation is 1. The van der Waals surface area contributed by atoms with Gasteiger partial charge in [0.15, 0.2) is 5.78 Å². The van der Waals surface area contributed by atoms with E-state index >= 15 is 0 Å². The number of aromatic nitrogens is 2. The number of piperazine rings is 1. The van der Waals surface area contributed by atoms with Gasteiger partial charge in [0.1, 0.15) is 0 Å². The highest BCUT2D eigenvalue weighted by Gasteiger charge is 2.18. The first kappa shape index (κ1) is 21.6. The molecule has 1 aromatic carbocycles. The molecule has 3 rings (SSSR count). The van der Waals surface area contributed by atoms with Crippen LogP contribution in [0.2, 0.25) is 0 Å². The largest absolute Gasteiger partial charge is 0.300 e. The van der Waals surface area contributed by atoms with Gasteiger partial charge in [-0.2, -0.15) is 5.10 Å². The number of Topliss-reactive ketones (excluding diaryl/α,β-unsaturated/α-hetero) is 1. The van der Waals surface area contributed by atoms with Gasteiger partial charge in [0, 0.05) is 58.9 Å². The van der Waals surface area contributed by atoms with E-state index in [4.69, 9.17) is 0 Å². The number of carbonyl (C=O) groups excluding carboxylic acids is 1. The van der Waals surface area contributed by atoms with Crippen molar-refractivity contribution in [3.05, 3.63) is 53.9 Å². The van der Waals surface area contributed by atoms with Crippen molar-refractivity contribution >= 4 is 30.6 Å². The van der Waals surface area contributed by atoms with Crippen LogP contribution in [0.1, 0.15) is 22.3 Å². The van der Waals surface area contributed by atoms with Crippen LogP contribution in [0.25, 0.3) is 0 Å². The highest BCUT2D eigenvalue weighted by atomic mass is 35.5. The smallest absolute Gasteiger partial charge is 0.167 e. The highest BCUT2D eigenvalue weighted by Crippen LogP contribution is 2.09. The maximum Gasteiger partial charge on any atom is 0.167 e. The first-order valence-electron chi connectivity index (χ1n) is 8.21. The predicted molar refractivity (Wildman–Crippen MR) is 105 cm³/mol. The normalized spacial score (nSPS) is 15.2. The van der Waals surface area contributed by atoms with Crippen molar-refractivity contribution in [2.75, 3.05) is 32.7 Å². The Balaban J connectivity index is 0.00000156. The van der Waals surface area contributed by atoms with Crippen LogP contribution in [0, 0.1) is 0 Å². The molecule has 0 radical (unpaired) electrons. The minimum atomic E-state index is 0. The Hall–Kier alpha value is -1.40. The average molecular weight is 385 g/mol. The van der Waals surface area contributed by atoms with Crippen LogP contribution in [-0.4, -0.2) is 58.1 Å². The fourth-order valence-corrected chi connectivity index (χ4v) is 2.98. The molecule has 0 unspecified atom stereocenters. The molecule has 0 atom stereocenters. The van der Waals surface area contributed by atoms with Gasteiger partial charge < -0.3 is 4.90 Å². The Morgan fingerprint density at radius 3 is 2.28 bits per heavy atom. The molecule has 0 spiro atoms. The van der Waals surface area contributed by atoms with Gasteiger partial charge in [-0.1, -0.05) is 30.3 Å². The first-order chi connectivity index (χ1) is 11.2. The van der Waals surface area contributed by atoms with Crippen LogP contribution < -0.4 is 0 Å². The van der Waals surface area contributed by atoms with Gasteiger partial charge in [-0.3, -0.25) is 14.4 Å². The van der Waals surface area contributed by atoms with E-state index in [1.807, 2.05) is 7.05 Å².